The number of aromatic nitrogens is 3. The van der Waals surface area contributed by atoms with Gasteiger partial charge in [-0.2, -0.15) is 0 Å². The van der Waals surface area contributed by atoms with Crippen LogP contribution in [0.3, 0.4) is 0 Å². The van der Waals surface area contributed by atoms with E-state index in [2.05, 4.69) is 21.7 Å². The van der Waals surface area contributed by atoms with Crippen LogP contribution < -0.4 is 10.1 Å². The van der Waals surface area contributed by atoms with Crippen molar-refractivity contribution in [2.24, 2.45) is 0 Å². The molecule has 2 aromatic heterocycles. The number of methoxy groups -OCH3 is 1. The molecule has 0 bridgehead atoms. The molecule has 10 nitrogen and oxygen atoms in total. The largest absolute Gasteiger partial charge is 0.497 e. The minimum atomic E-state index is -0.456. The molecule has 0 aliphatic carbocycles. The molecule has 0 unspecified atom stereocenters. The molecule has 39 heavy (non-hydrogen) atoms. The number of fused-ring (bicyclic) bond motifs is 1. The quantitative estimate of drug-likeness (QED) is 0.360. The topological polar surface area (TPSA) is 106 Å². The Morgan fingerprint density at radius 2 is 2.03 bits per heavy atom. The lowest BCUT2D eigenvalue weighted by Gasteiger charge is -2.28. The van der Waals surface area contributed by atoms with Crippen LogP contribution in [0.15, 0.2) is 59.3 Å². The van der Waals surface area contributed by atoms with E-state index in [0.717, 1.165) is 11.1 Å². The Morgan fingerprint density at radius 1 is 1.18 bits per heavy atom. The van der Waals surface area contributed by atoms with E-state index in [1.165, 1.54) is 24.1 Å². The Bertz CT molecular complexity index is 1540. The van der Waals surface area contributed by atoms with E-state index in [9.17, 15) is 14.0 Å². The van der Waals surface area contributed by atoms with Gasteiger partial charge in [0.15, 0.2) is 11.3 Å². The van der Waals surface area contributed by atoms with E-state index in [-0.39, 0.29) is 17.6 Å². The van der Waals surface area contributed by atoms with Crippen molar-refractivity contribution >= 4 is 39.7 Å². The van der Waals surface area contributed by atoms with Gasteiger partial charge in [-0.3, -0.25) is 14.3 Å². The van der Waals surface area contributed by atoms with Gasteiger partial charge >= 0.3 is 0 Å². The Labute approximate surface area is 224 Å². The maximum Gasteiger partial charge on any atom is 0.289 e. The van der Waals surface area contributed by atoms with Gasteiger partial charge in [0.1, 0.15) is 11.6 Å². The number of benzene rings is 2. The van der Waals surface area contributed by atoms with Gasteiger partial charge in [0.05, 0.1) is 25.5 Å². The molecule has 11 heteroatoms. The number of nitrogens with one attached hydrogen (secondary N) is 1. The van der Waals surface area contributed by atoms with E-state index in [1.54, 1.807) is 43.3 Å². The molecular weight excluding hydrogens is 503 g/mol. The third kappa shape index (κ3) is 5.77. The number of hydrogen-bond acceptors (Lipinski definition) is 7. The monoisotopic (exact) mass is 532 g/mol. The number of halogens is 1. The van der Waals surface area contributed by atoms with Crippen LogP contribution in [-0.2, 0) is 11.3 Å². The number of anilines is 2. The fraction of sp³-hybridized carbons (Fsp3) is 0.286. The number of rotatable bonds is 8. The summed E-state index contributed by atoms with van der Waals surface area (Å²) < 4.78 is 27.0. The maximum absolute atomic E-state index is 14.2. The summed E-state index contributed by atoms with van der Waals surface area (Å²) in [6.45, 7) is 1.53. The van der Waals surface area contributed by atoms with Gasteiger partial charge in [0.25, 0.3) is 5.91 Å². The molecule has 1 aliphatic heterocycles. The minimum Gasteiger partial charge on any atom is -0.497 e. The van der Waals surface area contributed by atoms with Gasteiger partial charge < -0.3 is 24.3 Å². The highest BCUT2D eigenvalue weighted by atomic mass is 19.1. The summed E-state index contributed by atoms with van der Waals surface area (Å²) in [5.41, 5.74) is 3.32. The second-order valence-corrected chi connectivity index (χ2v) is 9.51. The third-order valence-electron chi connectivity index (χ3n) is 6.52. The van der Waals surface area contributed by atoms with Crippen molar-refractivity contribution in [2.45, 2.75) is 19.4 Å². The highest BCUT2D eigenvalue weighted by Gasteiger charge is 2.22. The number of ether oxygens (including phenoxy) is 1. The van der Waals surface area contributed by atoms with Crippen LogP contribution in [0.4, 0.5) is 15.8 Å². The summed E-state index contributed by atoms with van der Waals surface area (Å²) in [6, 6.07) is 9.85. The summed E-state index contributed by atoms with van der Waals surface area (Å²) in [7, 11) is 4.78. The molecule has 1 aliphatic rings. The van der Waals surface area contributed by atoms with Crippen molar-refractivity contribution in [1.82, 2.24) is 24.8 Å². The maximum atomic E-state index is 14.2. The van der Waals surface area contributed by atoms with E-state index in [4.69, 9.17) is 9.15 Å². The third-order valence-corrected chi connectivity index (χ3v) is 6.52. The minimum absolute atomic E-state index is 0.0320. The molecule has 202 valence electrons. The molecule has 3 heterocycles. The predicted molar refractivity (Wildman–Crippen MR) is 144 cm³/mol. The van der Waals surface area contributed by atoms with Crippen molar-refractivity contribution in [3.8, 4) is 5.75 Å². The lowest BCUT2D eigenvalue weighted by Crippen LogP contribution is -2.35. The van der Waals surface area contributed by atoms with Crippen LogP contribution >= 0.6 is 0 Å². The van der Waals surface area contributed by atoms with Crippen LogP contribution in [0.5, 0.6) is 5.75 Å². The lowest BCUT2D eigenvalue weighted by molar-refractivity contribution is -0.131. The first-order chi connectivity index (χ1) is 18.8. The van der Waals surface area contributed by atoms with E-state index in [0.29, 0.717) is 60.6 Å². The summed E-state index contributed by atoms with van der Waals surface area (Å²) in [6.07, 6.45) is 6.46. The zero-order valence-electron chi connectivity index (χ0n) is 22.0. The smallest absolute Gasteiger partial charge is 0.289 e. The fourth-order valence-electron chi connectivity index (χ4n) is 4.55. The average Bonchev–Trinajstić information content (AvgIpc) is 3.61. The van der Waals surface area contributed by atoms with Gasteiger partial charge in [-0.05, 0) is 41.8 Å². The van der Waals surface area contributed by atoms with Gasteiger partial charge in [0, 0.05) is 63.0 Å². The summed E-state index contributed by atoms with van der Waals surface area (Å²) in [4.78, 5) is 28.9. The standard InChI is InChI=1S/C28H29FN6O4/c1-33(2)28(37)25-13-20-11-19(12-24(27(20)39-25)31-22-14-21(29)15-23(16-22)38-3)18-5-4-8-34(17-18)26(36)6-9-35-10-7-30-32-35/h5,7,10-16,31H,4,6,8-9,17H2,1-3H3. The summed E-state index contributed by atoms with van der Waals surface area (Å²) >= 11 is 0. The highest BCUT2D eigenvalue weighted by molar-refractivity contribution is 6.01. The zero-order chi connectivity index (χ0) is 27.5. The fourth-order valence-corrected chi connectivity index (χ4v) is 4.55. The SMILES string of the molecule is COc1cc(F)cc(Nc2cc(C3=CCCN(C(=O)CCn4ccnn4)C3)cc3cc(C(=O)N(C)C)oc23)c1. The Morgan fingerprint density at radius 3 is 2.77 bits per heavy atom. The van der Waals surface area contributed by atoms with Crippen molar-refractivity contribution in [3.63, 3.8) is 0 Å². The summed E-state index contributed by atoms with van der Waals surface area (Å²) in [5.74, 6) is -0.142. The van der Waals surface area contributed by atoms with Crippen molar-refractivity contribution in [1.29, 1.82) is 0 Å². The molecule has 0 saturated heterocycles. The molecule has 2 amide bonds. The van der Waals surface area contributed by atoms with Gasteiger partial charge in [-0.25, -0.2) is 4.39 Å². The van der Waals surface area contributed by atoms with Crippen LogP contribution in [0.1, 0.15) is 29.0 Å². The first-order valence-corrected chi connectivity index (χ1v) is 12.5. The molecule has 0 fully saturated rings. The Balaban J connectivity index is 1.47. The first-order valence-electron chi connectivity index (χ1n) is 12.5. The van der Waals surface area contributed by atoms with Crippen LogP contribution in [0.2, 0.25) is 0 Å². The van der Waals surface area contributed by atoms with Gasteiger partial charge in [0.2, 0.25) is 5.91 Å². The van der Waals surface area contributed by atoms with E-state index >= 15 is 0 Å². The molecule has 0 atom stereocenters. The second-order valence-electron chi connectivity index (χ2n) is 9.51. The number of nitrogens with zero attached hydrogens (tertiary/aromatic N) is 5. The van der Waals surface area contributed by atoms with Gasteiger partial charge in [-0.1, -0.05) is 11.3 Å². The van der Waals surface area contributed by atoms with Crippen LogP contribution in [0, 0.1) is 5.82 Å². The van der Waals surface area contributed by atoms with Crippen molar-refractivity contribution < 1.29 is 23.1 Å². The zero-order valence-corrected chi connectivity index (χ0v) is 22.0. The average molecular weight is 533 g/mol. The molecule has 1 N–H and O–H groups in total. The lowest BCUT2D eigenvalue weighted by atomic mass is 9.98. The Hall–Kier alpha value is -4.67. The van der Waals surface area contributed by atoms with Gasteiger partial charge in [-0.15, -0.1) is 5.10 Å². The van der Waals surface area contributed by atoms with E-state index < -0.39 is 5.82 Å². The molecule has 4 aromatic rings. The molecule has 0 spiro atoms. The normalized spacial score (nSPS) is 13.3. The second kappa shape index (κ2) is 11.0. The van der Waals surface area contributed by atoms with E-state index in [1.807, 2.05) is 17.0 Å². The predicted octanol–water partition coefficient (Wildman–Crippen LogP) is 4.32. The first kappa shape index (κ1) is 26.0. The molecule has 5 rings (SSSR count). The summed E-state index contributed by atoms with van der Waals surface area (Å²) in [5, 5.41) is 11.6. The van der Waals surface area contributed by atoms with Crippen LogP contribution in [-0.4, -0.2) is 70.9 Å². The highest BCUT2D eigenvalue weighted by Crippen LogP contribution is 2.35. The molecule has 0 radical (unpaired) electrons. The number of amides is 2. The van der Waals surface area contributed by atoms with Crippen molar-refractivity contribution in [3.05, 3.63) is 72.0 Å². The van der Waals surface area contributed by atoms with Crippen LogP contribution in [0.25, 0.3) is 16.5 Å². The Kier molecular flexibility index (Phi) is 7.31. The molecule has 2 aromatic carbocycles. The number of hydrogen-bond donors (Lipinski definition) is 1. The molecule has 0 saturated carbocycles. The number of carbonyl (C=O) groups excluding carboxylic acids is 2. The number of aryl methyl sites for hydroxylation is 1. The molecular formula is C28H29FN6O4. The van der Waals surface area contributed by atoms with Crippen molar-refractivity contribution in [2.75, 3.05) is 39.6 Å². The number of carbonyl (C=O) groups is 2. The number of furan rings is 1.